The zero-order chi connectivity index (χ0) is 14.3. The van der Waals surface area contributed by atoms with Gasteiger partial charge in [0.05, 0.1) is 19.3 Å². The molecule has 3 amide bonds. The first-order valence-corrected chi connectivity index (χ1v) is 6.51. The quantitative estimate of drug-likeness (QED) is 0.618. The number of hydrogen-bond donors (Lipinski definition) is 3. The SMILES string of the molecule is COC[C@H](O)CN(C)C(=O)N[C@H]1CCCCNC1=O. The number of nitrogens with one attached hydrogen (secondary N) is 2. The van der Waals surface area contributed by atoms with Gasteiger partial charge in [0.25, 0.3) is 0 Å². The van der Waals surface area contributed by atoms with Crippen molar-refractivity contribution >= 4 is 11.9 Å². The number of carbonyl (C=O) groups excluding carboxylic acids is 2. The Balaban J connectivity index is 2.41. The van der Waals surface area contributed by atoms with Crippen LogP contribution in [0.4, 0.5) is 4.79 Å². The Hall–Kier alpha value is -1.34. The fraction of sp³-hybridized carbons (Fsp3) is 0.833. The molecule has 0 aromatic rings. The van der Waals surface area contributed by atoms with Gasteiger partial charge in [0.1, 0.15) is 6.04 Å². The van der Waals surface area contributed by atoms with Crippen molar-refractivity contribution in [3.8, 4) is 0 Å². The summed E-state index contributed by atoms with van der Waals surface area (Å²) in [6.45, 7) is 0.989. The van der Waals surface area contributed by atoms with Crippen LogP contribution in [-0.4, -0.2) is 67.9 Å². The minimum atomic E-state index is -0.733. The molecule has 0 aliphatic carbocycles. The fourth-order valence-corrected chi connectivity index (χ4v) is 1.98. The van der Waals surface area contributed by atoms with Crippen LogP contribution in [-0.2, 0) is 9.53 Å². The second-order valence-electron chi connectivity index (χ2n) is 4.78. The number of aliphatic hydroxyl groups is 1. The molecule has 1 aliphatic heterocycles. The second-order valence-corrected chi connectivity index (χ2v) is 4.78. The van der Waals surface area contributed by atoms with Crippen molar-refractivity contribution in [2.75, 3.05) is 33.9 Å². The lowest BCUT2D eigenvalue weighted by Gasteiger charge is -2.23. The van der Waals surface area contributed by atoms with Gasteiger partial charge in [-0.3, -0.25) is 4.79 Å². The number of urea groups is 1. The lowest BCUT2D eigenvalue weighted by Crippen LogP contribution is -2.51. The summed E-state index contributed by atoms with van der Waals surface area (Å²) in [4.78, 5) is 24.9. The maximum absolute atomic E-state index is 11.9. The molecule has 1 saturated heterocycles. The van der Waals surface area contributed by atoms with Gasteiger partial charge in [0.2, 0.25) is 5.91 Å². The summed E-state index contributed by atoms with van der Waals surface area (Å²) >= 11 is 0. The Morgan fingerprint density at radius 3 is 3.05 bits per heavy atom. The van der Waals surface area contributed by atoms with Crippen LogP contribution in [0.3, 0.4) is 0 Å². The van der Waals surface area contributed by atoms with Crippen LogP contribution in [0.5, 0.6) is 0 Å². The van der Waals surface area contributed by atoms with Crippen molar-refractivity contribution in [3.63, 3.8) is 0 Å². The molecule has 19 heavy (non-hydrogen) atoms. The molecule has 0 unspecified atom stereocenters. The molecular weight excluding hydrogens is 250 g/mol. The van der Waals surface area contributed by atoms with E-state index in [9.17, 15) is 14.7 Å². The van der Waals surface area contributed by atoms with Gasteiger partial charge in [-0.25, -0.2) is 4.79 Å². The lowest BCUT2D eigenvalue weighted by molar-refractivity contribution is -0.122. The average molecular weight is 273 g/mol. The molecule has 3 N–H and O–H groups in total. The van der Waals surface area contributed by atoms with Crippen molar-refractivity contribution in [2.24, 2.45) is 0 Å². The number of carbonyl (C=O) groups is 2. The Morgan fingerprint density at radius 1 is 1.63 bits per heavy atom. The van der Waals surface area contributed by atoms with Crippen molar-refractivity contribution < 1.29 is 19.4 Å². The summed E-state index contributed by atoms with van der Waals surface area (Å²) in [6, 6.07) is -0.853. The van der Waals surface area contributed by atoms with E-state index in [1.807, 2.05) is 0 Å². The summed E-state index contributed by atoms with van der Waals surface area (Å²) in [5.74, 6) is -0.142. The number of hydrogen-bond acceptors (Lipinski definition) is 4. The molecule has 110 valence electrons. The number of rotatable bonds is 5. The van der Waals surface area contributed by atoms with Gasteiger partial charge in [-0.05, 0) is 19.3 Å². The first-order valence-electron chi connectivity index (χ1n) is 6.51. The zero-order valence-electron chi connectivity index (χ0n) is 11.5. The molecule has 0 bridgehead atoms. The largest absolute Gasteiger partial charge is 0.389 e. The van der Waals surface area contributed by atoms with Crippen molar-refractivity contribution in [1.82, 2.24) is 15.5 Å². The monoisotopic (exact) mass is 273 g/mol. The van der Waals surface area contributed by atoms with Gasteiger partial charge in [0, 0.05) is 20.7 Å². The van der Waals surface area contributed by atoms with Crippen molar-refractivity contribution in [1.29, 1.82) is 0 Å². The molecule has 1 aliphatic rings. The first kappa shape index (κ1) is 15.7. The van der Waals surface area contributed by atoms with Gasteiger partial charge in [-0.1, -0.05) is 0 Å². The van der Waals surface area contributed by atoms with E-state index in [-0.39, 0.29) is 25.1 Å². The van der Waals surface area contributed by atoms with Crippen LogP contribution in [0.2, 0.25) is 0 Å². The Labute approximate surface area is 113 Å². The molecule has 7 nitrogen and oxygen atoms in total. The van der Waals surface area contributed by atoms with Crippen LogP contribution < -0.4 is 10.6 Å². The third kappa shape index (κ3) is 5.44. The highest BCUT2D eigenvalue weighted by Gasteiger charge is 2.24. The summed E-state index contributed by atoms with van der Waals surface area (Å²) in [6.07, 6.45) is 1.75. The van der Waals surface area contributed by atoms with E-state index >= 15 is 0 Å². The number of likely N-dealkylation sites (N-methyl/N-ethyl adjacent to an activating group) is 1. The third-order valence-electron chi connectivity index (χ3n) is 3.02. The molecule has 0 saturated carbocycles. The summed E-state index contributed by atoms with van der Waals surface area (Å²) in [7, 11) is 3.06. The van der Waals surface area contributed by atoms with Crippen LogP contribution in [0.25, 0.3) is 0 Å². The summed E-state index contributed by atoms with van der Waals surface area (Å²) in [5.41, 5.74) is 0. The minimum Gasteiger partial charge on any atom is -0.389 e. The van der Waals surface area contributed by atoms with E-state index < -0.39 is 12.1 Å². The van der Waals surface area contributed by atoms with Gasteiger partial charge >= 0.3 is 6.03 Å². The highest BCUT2D eigenvalue weighted by Crippen LogP contribution is 2.05. The van der Waals surface area contributed by atoms with E-state index in [1.165, 1.54) is 12.0 Å². The number of amides is 3. The van der Waals surface area contributed by atoms with Crippen LogP contribution >= 0.6 is 0 Å². The summed E-state index contributed by atoms with van der Waals surface area (Å²) in [5, 5.41) is 15.0. The fourth-order valence-electron chi connectivity index (χ4n) is 1.98. The molecule has 7 heteroatoms. The minimum absolute atomic E-state index is 0.142. The first-order chi connectivity index (χ1) is 9.04. The van der Waals surface area contributed by atoms with Gasteiger partial charge < -0.3 is 25.4 Å². The molecule has 1 fully saturated rings. The molecule has 0 radical (unpaired) electrons. The van der Waals surface area contributed by atoms with Crippen molar-refractivity contribution in [2.45, 2.75) is 31.4 Å². The highest BCUT2D eigenvalue weighted by atomic mass is 16.5. The van der Waals surface area contributed by atoms with E-state index in [1.54, 1.807) is 7.05 Å². The van der Waals surface area contributed by atoms with E-state index in [4.69, 9.17) is 4.74 Å². The van der Waals surface area contributed by atoms with Gasteiger partial charge in [-0.15, -0.1) is 0 Å². The number of nitrogens with zero attached hydrogens (tertiary/aromatic N) is 1. The van der Waals surface area contributed by atoms with E-state index in [2.05, 4.69) is 10.6 Å². The lowest BCUT2D eigenvalue weighted by atomic mass is 10.1. The van der Waals surface area contributed by atoms with Crippen LogP contribution in [0.1, 0.15) is 19.3 Å². The normalized spacial score (nSPS) is 21.2. The van der Waals surface area contributed by atoms with Crippen LogP contribution in [0, 0.1) is 0 Å². The molecule has 1 rings (SSSR count). The molecule has 0 aromatic heterocycles. The second kappa shape index (κ2) is 7.96. The van der Waals surface area contributed by atoms with E-state index in [0.29, 0.717) is 13.0 Å². The van der Waals surface area contributed by atoms with Gasteiger partial charge in [-0.2, -0.15) is 0 Å². The highest BCUT2D eigenvalue weighted by molar-refractivity contribution is 5.87. The maximum atomic E-state index is 11.9. The molecule has 2 atom stereocenters. The zero-order valence-corrected chi connectivity index (χ0v) is 11.5. The molecule has 0 aromatic carbocycles. The van der Waals surface area contributed by atoms with E-state index in [0.717, 1.165) is 12.8 Å². The number of ether oxygens (including phenoxy) is 1. The topological polar surface area (TPSA) is 90.9 Å². The maximum Gasteiger partial charge on any atom is 0.317 e. The number of methoxy groups -OCH3 is 1. The van der Waals surface area contributed by atoms with Crippen molar-refractivity contribution in [3.05, 3.63) is 0 Å². The predicted octanol–water partition coefficient (Wildman–Crippen LogP) is -0.696. The third-order valence-corrected chi connectivity index (χ3v) is 3.02. The Kier molecular flexibility index (Phi) is 6.58. The average Bonchev–Trinajstić information content (AvgIpc) is 2.55. The summed E-state index contributed by atoms with van der Waals surface area (Å²) < 4.78 is 4.80. The van der Waals surface area contributed by atoms with Gasteiger partial charge in [0.15, 0.2) is 0 Å². The van der Waals surface area contributed by atoms with Crippen LogP contribution in [0.15, 0.2) is 0 Å². The smallest absolute Gasteiger partial charge is 0.317 e. The molecule has 0 spiro atoms. The predicted molar refractivity (Wildman–Crippen MR) is 69.7 cm³/mol. The molecular formula is C12H23N3O4. The Morgan fingerprint density at radius 2 is 2.37 bits per heavy atom. The number of aliphatic hydroxyl groups excluding tert-OH is 1. The Bertz CT molecular complexity index is 311. The standard InChI is InChI=1S/C12H23N3O4/c1-15(7-9(16)8-19-2)12(18)14-10-5-3-4-6-13-11(10)17/h9-10,16H,3-8H2,1-2H3,(H,13,17)(H,14,18)/t9-,10+/m1/s1. The molecule has 1 heterocycles.